The van der Waals surface area contributed by atoms with Crippen molar-refractivity contribution < 1.29 is 9.47 Å². The number of piperidine rings is 1. The van der Waals surface area contributed by atoms with Crippen LogP contribution in [0, 0.1) is 5.92 Å². The molecule has 1 aromatic rings. The van der Waals surface area contributed by atoms with Gasteiger partial charge in [-0.3, -0.25) is 4.90 Å². The Morgan fingerprint density at radius 1 is 1.32 bits per heavy atom. The number of ether oxygens (including phenoxy) is 2. The van der Waals surface area contributed by atoms with Crippen LogP contribution in [0.2, 0.25) is 0 Å². The number of methoxy groups -OCH3 is 1. The Morgan fingerprint density at radius 2 is 2.05 bits per heavy atom. The molecule has 0 amide bonds. The molecule has 2 rings (SSSR count). The normalized spacial score (nSPS) is 24.2. The minimum absolute atomic E-state index is 0.264. The molecule has 3 nitrogen and oxygen atoms in total. The molecule has 1 aliphatic heterocycles. The second-order valence-electron chi connectivity index (χ2n) is 5.08. The largest absolute Gasteiger partial charge is 0.493 e. The zero-order valence-corrected chi connectivity index (χ0v) is 12.4. The van der Waals surface area contributed by atoms with Gasteiger partial charge >= 0.3 is 0 Å². The van der Waals surface area contributed by atoms with Crippen LogP contribution in [-0.4, -0.2) is 43.6 Å². The van der Waals surface area contributed by atoms with E-state index in [-0.39, 0.29) is 5.38 Å². The molecule has 1 heterocycles. The Kier molecular flexibility index (Phi) is 5.34. The van der Waals surface area contributed by atoms with E-state index in [1.54, 1.807) is 7.11 Å². The Bertz CT molecular complexity index is 399. The number of benzene rings is 1. The molecule has 2 unspecified atom stereocenters. The van der Waals surface area contributed by atoms with E-state index in [2.05, 4.69) is 11.8 Å². The van der Waals surface area contributed by atoms with Crippen LogP contribution in [-0.2, 0) is 0 Å². The molecule has 4 heteroatoms. The van der Waals surface area contributed by atoms with Crippen LogP contribution in [0.5, 0.6) is 11.5 Å². The molecular weight excluding hydrogens is 262 g/mol. The van der Waals surface area contributed by atoms with Crippen LogP contribution < -0.4 is 9.47 Å². The highest BCUT2D eigenvalue weighted by molar-refractivity contribution is 6.21. The van der Waals surface area contributed by atoms with E-state index >= 15 is 0 Å². The number of hydrogen-bond acceptors (Lipinski definition) is 3. The summed E-state index contributed by atoms with van der Waals surface area (Å²) in [6.45, 7) is 5.87. The fourth-order valence-electron chi connectivity index (χ4n) is 2.31. The van der Waals surface area contributed by atoms with Gasteiger partial charge in [0.25, 0.3) is 0 Å². The molecule has 0 aliphatic carbocycles. The molecule has 2 atom stereocenters. The van der Waals surface area contributed by atoms with Crippen LogP contribution >= 0.6 is 11.6 Å². The van der Waals surface area contributed by atoms with Crippen LogP contribution in [0.15, 0.2) is 24.3 Å². The van der Waals surface area contributed by atoms with Gasteiger partial charge < -0.3 is 9.47 Å². The van der Waals surface area contributed by atoms with Crippen molar-refractivity contribution >= 4 is 11.6 Å². The molecule has 1 aliphatic rings. The van der Waals surface area contributed by atoms with Crippen LogP contribution in [0.3, 0.4) is 0 Å². The molecule has 1 fully saturated rings. The molecule has 0 saturated carbocycles. The summed E-state index contributed by atoms with van der Waals surface area (Å²) in [5, 5.41) is 0.264. The number of nitrogens with zero attached hydrogens (tertiary/aromatic N) is 1. The first-order chi connectivity index (χ1) is 9.20. The fraction of sp³-hybridized carbons (Fsp3) is 0.600. The van der Waals surface area contributed by atoms with Gasteiger partial charge in [0, 0.05) is 18.5 Å². The molecule has 0 bridgehead atoms. The highest BCUT2D eigenvalue weighted by Crippen LogP contribution is 2.26. The van der Waals surface area contributed by atoms with Crippen molar-refractivity contribution in [1.29, 1.82) is 0 Å². The highest BCUT2D eigenvalue weighted by Gasteiger charge is 2.23. The number of likely N-dealkylation sites (tertiary alicyclic amines) is 1. The molecule has 0 spiro atoms. The van der Waals surface area contributed by atoms with Gasteiger partial charge in [0.2, 0.25) is 0 Å². The van der Waals surface area contributed by atoms with E-state index in [9.17, 15) is 0 Å². The minimum atomic E-state index is 0.264. The molecule has 0 radical (unpaired) electrons. The van der Waals surface area contributed by atoms with E-state index in [4.69, 9.17) is 21.1 Å². The quantitative estimate of drug-likeness (QED) is 0.776. The van der Waals surface area contributed by atoms with Gasteiger partial charge in [-0.25, -0.2) is 0 Å². The average molecular weight is 284 g/mol. The first-order valence-corrected chi connectivity index (χ1v) is 7.26. The summed E-state index contributed by atoms with van der Waals surface area (Å²) in [5.41, 5.74) is 0. The van der Waals surface area contributed by atoms with Gasteiger partial charge in [-0.05, 0) is 31.0 Å². The smallest absolute Gasteiger partial charge is 0.161 e. The van der Waals surface area contributed by atoms with Crippen molar-refractivity contribution in [3.8, 4) is 11.5 Å². The van der Waals surface area contributed by atoms with Gasteiger partial charge in [0.05, 0.1) is 7.11 Å². The van der Waals surface area contributed by atoms with Gasteiger partial charge in [-0.15, -0.1) is 11.6 Å². The lowest BCUT2D eigenvalue weighted by Gasteiger charge is -2.33. The van der Waals surface area contributed by atoms with Gasteiger partial charge in [-0.1, -0.05) is 19.1 Å². The lowest BCUT2D eigenvalue weighted by molar-refractivity contribution is 0.161. The molecule has 1 aromatic carbocycles. The van der Waals surface area contributed by atoms with Gasteiger partial charge in [0.15, 0.2) is 11.5 Å². The third-order valence-corrected chi connectivity index (χ3v) is 4.25. The highest BCUT2D eigenvalue weighted by atomic mass is 35.5. The topological polar surface area (TPSA) is 21.7 Å². The summed E-state index contributed by atoms with van der Waals surface area (Å²) < 4.78 is 11.0. The third kappa shape index (κ3) is 4.02. The van der Waals surface area contributed by atoms with Crippen LogP contribution in [0.4, 0.5) is 0 Å². The number of rotatable bonds is 5. The van der Waals surface area contributed by atoms with Crippen molar-refractivity contribution in [2.24, 2.45) is 5.92 Å². The fourth-order valence-corrected chi connectivity index (χ4v) is 2.63. The first-order valence-electron chi connectivity index (χ1n) is 6.83. The van der Waals surface area contributed by atoms with Gasteiger partial charge in [-0.2, -0.15) is 0 Å². The van der Waals surface area contributed by atoms with E-state index in [1.165, 1.54) is 6.42 Å². The Balaban J connectivity index is 1.77. The zero-order chi connectivity index (χ0) is 13.7. The lowest BCUT2D eigenvalue weighted by Crippen LogP contribution is -2.42. The maximum Gasteiger partial charge on any atom is 0.161 e. The van der Waals surface area contributed by atoms with Gasteiger partial charge in [0.1, 0.15) is 6.61 Å². The van der Waals surface area contributed by atoms with E-state index in [0.29, 0.717) is 12.5 Å². The van der Waals surface area contributed by atoms with Crippen LogP contribution in [0.1, 0.15) is 13.3 Å². The minimum Gasteiger partial charge on any atom is -0.493 e. The third-order valence-electron chi connectivity index (χ3n) is 3.68. The second-order valence-corrected chi connectivity index (χ2v) is 5.64. The average Bonchev–Trinajstić information content (AvgIpc) is 2.43. The number of halogens is 1. The van der Waals surface area contributed by atoms with E-state index < -0.39 is 0 Å². The maximum absolute atomic E-state index is 6.30. The molecule has 0 N–H and O–H groups in total. The second kappa shape index (κ2) is 7.01. The molecule has 19 heavy (non-hydrogen) atoms. The molecule has 0 aromatic heterocycles. The van der Waals surface area contributed by atoms with Crippen LogP contribution in [0.25, 0.3) is 0 Å². The predicted molar refractivity (Wildman–Crippen MR) is 78.4 cm³/mol. The first kappa shape index (κ1) is 14.5. The summed E-state index contributed by atoms with van der Waals surface area (Å²) in [4.78, 5) is 2.37. The number of para-hydroxylation sites is 2. The number of hydrogen-bond donors (Lipinski definition) is 0. The molecule has 1 saturated heterocycles. The van der Waals surface area contributed by atoms with Crippen molar-refractivity contribution in [2.75, 3.05) is 33.4 Å². The maximum atomic E-state index is 6.30. The summed E-state index contributed by atoms with van der Waals surface area (Å²) in [6, 6.07) is 7.74. The monoisotopic (exact) mass is 283 g/mol. The Labute approximate surface area is 120 Å². The Hall–Kier alpha value is -0.930. The van der Waals surface area contributed by atoms with Crippen molar-refractivity contribution in [2.45, 2.75) is 18.7 Å². The SMILES string of the molecule is COc1ccccc1OCCN1CCC(C)C(Cl)C1. The zero-order valence-electron chi connectivity index (χ0n) is 11.6. The summed E-state index contributed by atoms with van der Waals surface area (Å²) in [6.07, 6.45) is 1.17. The molecular formula is C15H22ClNO2. The molecule has 106 valence electrons. The Morgan fingerprint density at radius 3 is 2.74 bits per heavy atom. The van der Waals surface area contributed by atoms with Crippen molar-refractivity contribution in [1.82, 2.24) is 4.90 Å². The lowest BCUT2D eigenvalue weighted by atomic mass is 9.99. The standard InChI is InChI=1S/C15H22ClNO2/c1-12-7-8-17(11-13(12)16)9-10-19-15-6-4-3-5-14(15)18-2/h3-6,12-13H,7-11H2,1-2H3. The summed E-state index contributed by atoms with van der Waals surface area (Å²) >= 11 is 6.30. The van der Waals surface area contributed by atoms with Crippen molar-refractivity contribution in [3.05, 3.63) is 24.3 Å². The predicted octanol–water partition coefficient (Wildman–Crippen LogP) is 3.02. The summed E-state index contributed by atoms with van der Waals surface area (Å²) in [5.74, 6) is 2.20. The van der Waals surface area contributed by atoms with Crippen molar-refractivity contribution in [3.63, 3.8) is 0 Å². The summed E-state index contributed by atoms with van der Waals surface area (Å²) in [7, 11) is 1.66. The van der Waals surface area contributed by atoms with E-state index in [1.807, 2.05) is 24.3 Å². The number of alkyl halides is 1. The van der Waals surface area contributed by atoms with E-state index in [0.717, 1.165) is 31.1 Å².